The van der Waals surface area contributed by atoms with Crippen molar-refractivity contribution in [1.82, 2.24) is 0 Å². The van der Waals surface area contributed by atoms with Crippen molar-refractivity contribution >= 4 is 34.9 Å². The number of halogens is 2. The fourth-order valence-electron chi connectivity index (χ4n) is 0.877. The lowest BCUT2D eigenvalue weighted by atomic mass is 10.3. The van der Waals surface area contributed by atoms with E-state index in [1.54, 1.807) is 26.0 Å². The lowest BCUT2D eigenvalue weighted by Crippen LogP contribution is -2.12. The van der Waals surface area contributed by atoms with Crippen LogP contribution < -0.4 is 4.74 Å². The Morgan fingerprint density at radius 3 is 2.59 bits per heavy atom. The number of hydrogen-bond donors (Lipinski definition) is 0. The number of carbonyl (C=O) groups excluding carboxylic acids is 1. The maximum atomic E-state index is 11.2. The minimum Gasteiger partial charge on any atom is -0.482 e. The molecular formula is C11H11Cl2NO3. The topological polar surface area (TPSA) is 47.9 Å². The van der Waals surface area contributed by atoms with E-state index in [2.05, 4.69) is 9.99 Å². The zero-order valence-corrected chi connectivity index (χ0v) is 10.9. The van der Waals surface area contributed by atoms with E-state index in [0.29, 0.717) is 21.5 Å². The van der Waals surface area contributed by atoms with E-state index in [0.717, 1.165) is 0 Å². The predicted octanol–water partition coefficient (Wildman–Crippen LogP) is 3.31. The lowest BCUT2D eigenvalue weighted by Gasteiger charge is -2.05. The van der Waals surface area contributed by atoms with Gasteiger partial charge < -0.3 is 9.57 Å². The molecule has 0 bridgehead atoms. The molecular weight excluding hydrogens is 265 g/mol. The molecule has 0 amide bonds. The molecule has 0 aliphatic carbocycles. The summed E-state index contributed by atoms with van der Waals surface area (Å²) >= 11 is 11.5. The van der Waals surface area contributed by atoms with Crippen LogP contribution in [0.3, 0.4) is 0 Å². The minimum atomic E-state index is -0.586. The average molecular weight is 276 g/mol. The Morgan fingerprint density at radius 1 is 1.29 bits per heavy atom. The van der Waals surface area contributed by atoms with Gasteiger partial charge in [-0.15, -0.1) is 0 Å². The van der Waals surface area contributed by atoms with Gasteiger partial charge in [0.15, 0.2) is 6.61 Å². The maximum absolute atomic E-state index is 11.2. The molecule has 0 atom stereocenters. The highest BCUT2D eigenvalue weighted by atomic mass is 35.5. The zero-order chi connectivity index (χ0) is 12.8. The van der Waals surface area contributed by atoms with E-state index >= 15 is 0 Å². The molecule has 0 fully saturated rings. The normalized spacial score (nSPS) is 9.65. The molecule has 0 radical (unpaired) electrons. The summed E-state index contributed by atoms with van der Waals surface area (Å²) in [5.41, 5.74) is 0.646. The minimum absolute atomic E-state index is 0.241. The van der Waals surface area contributed by atoms with Gasteiger partial charge in [-0.2, -0.15) is 0 Å². The molecule has 1 aromatic rings. The summed E-state index contributed by atoms with van der Waals surface area (Å²) in [7, 11) is 0. The van der Waals surface area contributed by atoms with Crippen molar-refractivity contribution in [2.75, 3.05) is 6.61 Å². The Labute approximate surface area is 109 Å². The zero-order valence-electron chi connectivity index (χ0n) is 9.37. The smallest absolute Gasteiger partial charge is 0.372 e. The SMILES string of the molecule is CC(C)=NOC(=O)COc1ccc(Cl)c(Cl)c1. The molecule has 0 N–H and O–H groups in total. The van der Waals surface area contributed by atoms with Gasteiger partial charge in [0.05, 0.1) is 15.8 Å². The van der Waals surface area contributed by atoms with Crippen LogP contribution >= 0.6 is 23.2 Å². The highest BCUT2D eigenvalue weighted by Crippen LogP contribution is 2.26. The first-order valence-corrected chi connectivity index (χ1v) is 5.53. The summed E-state index contributed by atoms with van der Waals surface area (Å²) in [6, 6.07) is 4.71. The molecule has 0 saturated carbocycles. The second-order valence-corrected chi connectivity index (χ2v) is 4.18. The molecule has 92 valence electrons. The van der Waals surface area contributed by atoms with Gasteiger partial charge in [0.2, 0.25) is 0 Å². The third kappa shape index (κ3) is 5.06. The maximum Gasteiger partial charge on any atom is 0.372 e. The summed E-state index contributed by atoms with van der Waals surface area (Å²) in [6.07, 6.45) is 0. The Morgan fingerprint density at radius 2 is 2.00 bits per heavy atom. The first kappa shape index (κ1) is 13.8. The molecule has 1 aromatic carbocycles. The van der Waals surface area contributed by atoms with Crippen molar-refractivity contribution in [3.63, 3.8) is 0 Å². The Balaban J connectivity index is 2.47. The molecule has 6 heteroatoms. The van der Waals surface area contributed by atoms with Crippen LogP contribution in [0.15, 0.2) is 23.4 Å². The summed E-state index contributed by atoms with van der Waals surface area (Å²) < 4.78 is 5.15. The van der Waals surface area contributed by atoms with Crippen LogP contribution in [0.5, 0.6) is 5.75 Å². The van der Waals surface area contributed by atoms with Crippen LogP contribution in [0.1, 0.15) is 13.8 Å². The summed E-state index contributed by atoms with van der Waals surface area (Å²) in [5, 5.41) is 4.29. The molecule has 0 unspecified atom stereocenters. The standard InChI is InChI=1S/C11H11Cl2NO3/c1-7(2)14-17-11(15)6-16-8-3-4-9(12)10(13)5-8/h3-5H,6H2,1-2H3. The highest BCUT2D eigenvalue weighted by molar-refractivity contribution is 6.42. The molecule has 0 saturated heterocycles. The molecule has 0 aromatic heterocycles. The van der Waals surface area contributed by atoms with Crippen molar-refractivity contribution in [2.45, 2.75) is 13.8 Å². The number of ether oxygens (including phenoxy) is 1. The second-order valence-electron chi connectivity index (χ2n) is 3.37. The fraction of sp³-hybridized carbons (Fsp3) is 0.273. The van der Waals surface area contributed by atoms with Gasteiger partial charge in [0.1, 0.15) is 5.75 Å². The van der Waals surface area contributed by atoms with Gasteiger partial charge in [0, 0.05) is 6.07 Å². The Hall–Kier alpha value is -1.26. The molecule has 0 aliphatic heterocycles. The third-order valence-electron chi connectivity index (χ3n) is 1.58. The van der Waals surface area contributed by atoms with Gasteiger partial charge >= 0.3 is 5.97 Å². The summed E-state index contributed by atoms with van der Waals surface area (Å²) in [5.74, 6) is -0.147. The van der Waals surface area contributed by atoms with Gasteiger partial charge in [-0.3, -0.25) is 0 Å². The summed E-state index contributed by atoms with van der Waals surface area (Å²) in [6.45, 7) is 3.19. The van der Waals surface area contributed by atoms with Crippen molar-refractivity contribution in [2.24, 2.45) is 5.16 Å². The first-order valence-electron chi connectivity index (χ1n) is 4.78. The molecule has 0 heterocycles. The number of benzene rings is 1. The first-order chi connectivity index (χ1) is 7.99. The molecule has 17 heavy (non-hydrogen) atoms. The van der Waals surface area contributed by atoms with Crippen LogP contribution in [-0.2, 0) is 9.63 Å². The van der Waals surface area contributed by atoms with Crippen molar-refractivity contribution < 1.29 is 14.4 Å². The largest absolute Gasteiger partial charge is 0.482 e. The number of carbonyl (C=O) groups is 1. The van der Waals surface area contributed by atoms with E-state index in [9.17, 15) is 4.79 Å². The second kappa shape index (κ2) is 6.47. The molecule has 0 spiro atoms. The van der Waals surface area contributed by atoms with Crippen LogP contribution in [-0.4, -0.2) is 18.3 Å². The van der Waals surface area contributed by atoms with Crippen LogP contribution in [0.2, 0.25) is 10.0 Å². The number of oxime groups is 1. The van der Waals surface area contributed by atoms with E-state index < -0.39 is 5.97 Å². The van der Waals surface area contributed by atoms with Gasteiger partial charge in [0.25, 0.3) is 0 Å². The average Bonchev–Trinajstić information content (AvgIpc) is 2.28. The number of rotatable bonds is 4. The van der Waals surface area contributed by atoms with Crippen molar-refractivity contribution in [1.29, 1.82) is 0 Å². The van der Waals surface area contributed by atoms with Crippen LogP contribution in [0.25, 0.3) is 0 Å². The lowest BCUT2D eigenvalue weighted by molar-refractivity contribution is -0.146. The third-order valence-corrected chi connectivity index (χ3v) is 2.32. The van der Waals surface area contributed by atoms with Crippen molar-refractivity contribution in [3.05, 3.63) is 28.2 Å². The van der Waals surface area contributed by atoms with E-state index in [1.165, 1.54) is 6.07 Å². The van der Waals surface area contributed by atoms with Crippen LogP contribution in [0.4, 0.5) is 0 Å². The Bertz CT molecular complexity index is 442. The molecule has 4 nitrogen and oxygen atoms in total. The molecule has 1 rings (SSSR count). The highest BCUT2D eigenvalue weighted by Gasteiger charge is 2.05. The van der Waals surface area contributed by atoms with E-state index in [1.807, 2.05) is 0 Å². The Kier molecular flexibility index (Phi) is 5.25. The predicted molar refractivity (Wildman–Crippen MR) is 66.8 cm³/mol. The monoisotopic (exact) mass is 275 g/mol. The van der Waals surface area contributed by atoms with Gasteiger partial charge in [-0.25, -0.2) is 4.79 Å². The molecule has 0 aliphatic rings. The number of hydrogen-bond acceptors (Lipinski definition) is 4. The number of nitrogens with zero attached hydrogens (tertiary/aromatic N) is 1. The van der Waals surface area contributed by atoms with E-state index in [-0.39, 0.29) is 6.61 Å². The fourth-order valence-corrected chi connectivity index (χ4v) is 1.17. The van der Waals surface area contributed by atoms with Crippen LogP contribution in [0, 0.1) is 0 Å². The van der Waals surface area contributed by atoms with Gasteiger partial charge in [-0.05, 0) is 26.0 Å². The van der Waals surface area contributed by atoms with E-state index in [4.69, 9.17) is 27.9 Å². The quantitative estimate of drug-likeness (QED) is 0.481. The summed E-state index contributed by atoms with van der Waals surface area (Å²) in [4.78, 5) is 15.7. The van der Waals surface area contributed by atoms with Crippen molar-refractivity contribution in [3.8, 4) is 5.75 Å². The van der Waals surface area contributed by atoms with Gasteiger partial charge in [-0.1, -0.05) is 28.4 Å².